The van der Waals surface area contributed by atoms with Crippen LogP contribution < -0.4 is 5.56 Å². The van der Waals surface area contributed by atoms with Crippen molar-refractivity contribution in [3.63, 3.8) is 0 Å². The Kier molecular flexibility index (Phi) is 7.80. The molecule has 2 heterocycles. The van der Waals surface area contributed by atoms with E-state index in [1.807, 2.05) is 62.4 Å². The summed E-state index contributed by atoms with van der Waals surface area (Å²) >= 11 is 1.48. The van der Waals surface area contributed by atoms with E-state index in [1.54, 1.807) is 4.57 Å². The number of hydrogen-bond donors (Lipinski definition) is 0. The van der Waals surface area contributed by atoms with Crippen molar-refractivity contribution in [2.45, 2.75) is 51.1 Å². The molecule has 34 heavy (non-hydrogen) atoms. The van der Waals surface area contributed by atoms with E-state index in [4.69, 9.17) is 9.40 Å². The molecule has 0 saturated carbocycles. The predicted molar refractivity (Wildman–Crippen MR) is 137 cm³/mol. The maximum Gasteiger partial charge on any atom is 0.262 e. The summed E-state index contributed by atoms with van der Waals surface area (Å²) in [6.45, 7) is 11.9. The Balaban J connectivity index is 1.60. The second kappa shape index (κ2) is 11.0. The lowest BCUT2D eigenvalue weighted by Crippen LogP contribution is -2.28. The van der Waals surface area contributed by atoms with E-state index in [0.717, 1.165) is 37.2 Å². The first-order chi connectivity index (χ1) is 16.5. The molecule has 2 aromatic carbocycles. The number of aryl methyl sites for hydroxylation is 1. The molecule has 0 saturated heterocycles. The molecule has 178 valence electrons. The van der Waals surface area contributed by atoms with E-state index >= 15 is 0 Å². The molecule has 0 N–H and O–H groups in total. The van der Waals surface area contributed by atoms with Gasteiger partial charge in [0.15, 0.2) is 5.16 Å². The van der Waals surface area contributed by atoms with Gasteiger partial charge in [-0.05, 0) is 64.2 Å². The zero-order valence-electron chi connectivity index (χ0n) is 20.2. The first kappa shape index (κ1) is 24.2. The minimum Gasteiger partial charge on any atom is -0.419 e. The van der Waals surface area contributed by atoms with Crippen LogP contribution in [0.5, 0.6) is 0 Å². The molecular weight excluding hydrogens is 446 g/mol. The van der Waals surface area contributed by atoms with E-state index in [-0.39, 0.29) is 10.8 Å². The minimum absolute atomic E-state index is 0.00849. The number of hydrogen-bond acceptors (Lipinski definition) is 7. The van der Waals surface area contributed by atoms with E-state index in [1.165, 1.54) is 11.8 Å². The van der Waals surface area contributed by atoms with E-state index in [2.05, 4.69) is 28.9 Å². The lowest BCUT2D eigenvalue weighted by Gasteiger charge is -2.19. The zero-order chi connectivity index (χ0) is 24.1. The summed E-state index contributed by atoms with van der Waals surface area (Å²) in [5, 5.41) is 9.68. The second-order valence-electron chi connectivity index (χ2n) is 8.32. The molecule has 0 radical (unpaired) electrons. The van der Waals surface area contributed by atoms with Crippen molar-refractivity contribution in [1.29, 1.82) is 0 Å². The molecule has 0 bridgehead atoms. The molecule has 0 aliphatic carbocycles. The van der Waals surface area contributed by atoms with Crippen LogP contribution in [-0.2, 0) is 6.54 Å². The Morgan fingerprint density at radius 1 is 1.09 bits per heavy atom. The van der Waals surface area contributed by atoms with E-state index in [0.29, 0.717) is 34.4 Å². The number of thioether (sulfide) groups is 1. The summed E-state index contributed by atoms with van der Waals surface area (Å²) in [5.74, 6) is 1.01. The van der Waals surface area contributed by atoms with Gasteiger partial charge in [0.1, 0.15) is 0 Å². The SMILES string of the molecule is CCN(CC)CCCn1c(SC(C)c2nnc(-c3cccc(C)c3)o2)nc2ccccc2c1=O. The summed E-state index contributed by atoms with van der Waals surface area (Å²) in [7, 11) is 0. The maximum atomic E-state index is 13.3. The molecule has 4 aromatic rings. The van der Waals surface area contributed by atoms with Crippen molar-refractivity contribution < 1.29 is 4.42 Å². The van der Waals surface area contributed by atoms with Gasteiger partial charge in [-0.15, -0.1) is 10.2 Å². The lowest BCUT2D eigenvalue weighted by molar-refractivity contribution is 0.290. The van der Waals surface area contributed by atoms with Crippen LogP contribution in [0, 0.1) is 6.92 Å². The minimum atomic E-state index is -0.159. The summed E-state index contributed by atoms with van der Waals surface area (Å²) < 4.78 is 7.79. The Labute approximate surface area is 204 Å². The second-order valence-corrected chi connectivity index (χ2v) is 9.63. The third-order valence-corrected chi connectivity index (χ3v) is 6.99. The van der Waals surface area contributed by atoms with Crippen LogP contribution in [0.3, 0.4) is 0 Å². The molecule has 8 heteroatoms. The average molecular weight is 478 g/mol. The first-order valence-corrected chi connectivity index (χ1v) is 12.7. The Morgan fingerprint density at radius 2 is 1.88 bits per heavy atom. The Morgan fingerprint density at radius 3 is 2.65 bits per heavy atom. The van der Waals surface area contributed by atoms with Gasteiger partial charge in [0.25, 0.3) is 5.56 Å². The number of aromatic nitrogens is 4. The normalized spacial score (nSPS) is 12.5. The van der Waals surface area contributed by atoms with Gasteiger partial charge in [-0.3, -0.25) is 9.36 Å². The number of para-hydroxylation sites is 1. The van der Waals surface area contributed by atoms with Gasteiger partial charge in [-0.25, -0.2) is 4.98 Å². The highest BCUT2D eigenvalue weighted by Crippen LogP contribution is 2.34. The smallest absolute Gasteiger partial charge is 0.262 e. The molecule has 0 fully saturated rings. The van der Waals surface area contributed by atoms with Gasteiger partial charge in [-0.1, -0.05) is 55.4 Å². The maximum absolute atomic E-state index is 13.3. The molecule has 0 amide bonds. The molecular formula is C26H31N5O2S. The Bertz CT molecular complexity index is 1310. The Hall–Kier alpha value is -2.97. The van der Waals surface area contributed by atoms with Gasteiger partial charge in [0.05, 0.1) is 16.2 Å². The van der Waals surface area contributed by atoms with Crippen LogP contribution >= 0.6 is 11.8 Å². The summed E-state index contributed by atoms with van der Waals surface area (Å²) in [6, 6.07) is 15.5. The third-order valence-electron chi connectivity index (χ3n) is 5.91. The van der Waals surface area contributed by atoms with Crippen molar-refractivity contribution in [2.75, 3.05) is 19.6 Å². The van der Waals surface area contributed by atoms with Gasteiger partial charge >= 0.3 is 0 Å². The number of rotatable bonds is 10. The number of benzene rings is 2. The van der Waals surface area contributed by atoms with Crippen LogP contribution in [0.4, 0.5) is 0 Å². The molecule has 2 aromatic heterocycles. The predicted octanol–water partition coefficient (Wildman–Crippen LogP) is 5.34. The van der Waals surface area contributed by atoms with Crippen molar-refractivity contribution in [1.82, 2.24) is 24.6 Å². The fourth-order valence-electron chi connectivity index (χ4n) is 3.93. The average Bonchev–Trinajstić information content (AvgIpc) is 3.34. The van der Waals surface area contributed by atoms with Crippen molar-refractivity contribution in [3.8, 4) is 11.5 Å². The molecule has 0 spiro atoms. The highest BCUT2D eigenvalue weighted by atomic mass is 32.2. The van der Waals surface area contributed by atoms with Gasteiger partial charge in [0.2, 0.25) is 11.8 Å². The van der Waals surface area contributed by atoms with Crippen LogP contribution in [0.1, 0.15) is 43.9 Å². The standard InChI is InChI=1S/C26H31N5O2S/c1-5-30(6-2)15-10-16-31-25(32)21-13-7-8-14-22(21)27-26(31)34-19(4)23-28-29-24(33-23)20-12-9-11-18(3)17-20/h7-9,11-14,17,19H,5-6,10,15-16H2,1-4H3. The number of nitrogens with zero attached hydrogens (tertiary/aromatic N) is 5. The lowest BCUT2D eigenvalue weighted by atomic mass is 10.1. The van der Waals surface area contributed by atoms with Gasteiger partial charge in [0, 0.05) is 12.1 Å². The topological polar surface area (TPSA) is 77.1 Å². The summed E-state index contributed by atoms with van der Waals surface area (Å²) in [4.78, 5) is 20.5. The van der Waals surface area contributed by atoms with Gasteiger partial charge < -0.3 is 9.32 Å². The zero-order valence-corrected chi connectivity index (χ0v) is 21.0. The number of fused-ring (bicyclic) bond motifs is 1. The largest absolute Gasteiger partial charge is 0.419 e. The molecule has 1 atom stereocenters. The van der Waals surface area contributed by atoms with E-state index < -0.39 is 0 Å². The molecule has 0 aliphatic rings. The van der Waals surface area contributed by atoms with E-state index in [9.17, 15) is 4.79 Å². The van der Waals surface area contributed by atoms with Crippen LogP contribution in [-0.4, -0.2) is 44.3 Å². The highest BCUT2D eigenvalue weighted by molar-refractivity contribution is 7.99. The van der Waals surface area contributed by atoms with Crippen molar-refractivity contribution in [3.05, 3.63) is 70.3 Å². The monoisotopic (exact) mass is 477 g/mol. The van der Waals surface area contributed by atoms with Crippen LogP contribution in [0.15, 0.2) is 62.9 Å². The van der Waals surface area contributed by atoms with Crippen molar-refractivity contribution >= 4 is 22.7 Å². The molecule has 7 nitrogen and oxygen atoms in total. The highest BCUT2D eigenvalue weighted by Gasteiger charge is 2.20. The first-order valence-electron chi connectivity index (χ1n) is 11.8. The van der Waals surface area contributed by atoms with Crippen LogP contribution in [0.25, 0.3) is 22.4 Å². The quantitative estimate of drug-likeness (QED) is 0.225. The van der Waals surface area contributed by atoms with Crippen LogP contribution in [0.2, 0.25) is 0 Å². The molecule has 1 unspecified atom stereocenters. The fourth-order valence-corrected chi connectivity index (χ4v) is 4.89. The molecule has 4 rings (SSSR count). The van der Waals surface area contributed by atoms with Crippen molar-refractivity contribution in [2.24, 2.45) is 0 Å². The summed E-state index contributed by atoms with van der Waals surface area (Å²) in [6.07, 6.45) is 0.877. The summed E-state index contributed by atoms with van der Waals surface area (Å²) in [5.41, 5.74) is 2.72. The van der Waals surface area contributed by atoms with Gasteiger partial charge in [-0.2, -0.15) is 0 Å². The third kappa shape index (κ3) is 5.39. The fraction of sp³-hybridized carbons (Fsp3) is 0.385. The molecule has 0 aliphatic heterocycles.